The van der Waals surface area contributed by atoms with Crippen molar-refractivity contribution in [3.05, 3.63) is 114 Å². The van der Waals surface area contributed by atoms with Crippen LogP contribution >= 0.6 is 0 Å². The molecule has 0 saturated carbocycles. The predicted molar refractivity (Wildman–Crippen MR) is 165 cm³/mol. The van der Waals surface area contributed by atoms with Crippen molar-refractivity contribution in [2.45, 2.75) is 53.1 Å². The number of ketones is 1. The number of alkyl halides is 3. The molecule has 0 atom stereocenters. The van der Waals surface area contributed by atoms with E-state index in [1.54, 1.807) is 97.4 Å². The number of nitrogens with one attached hydrogen (secondary N) is 2. The minimum absolute atomic E-state index is 0.0535. The van der Waals surface area contributed by atoms with Gasteiger partial charge in [-0.3, -0.25) is 4.79 Å². The summed E-state index contributed by atoms with van der Waals surface area (Å²) in [5.41, 5.74) is 3.47. The predicted octanol–water partition coefficient (Wildman–Crippen LogP) is 6.36. The van der Waals surface area contributed by atoms with Crippen LogP contribution < -0.4 is 14.5 Å². The monoisotopic (exact) mass is 646 g/mol. The van der Waals surface area contributed by atoms with Gasteiger partial charge in [-0.2, -0.15) is 17.7 Å². The second kappa shape index (κ2) is 13.8. The molecule has 242 valence electrons. The third kappa shape index (κ3) is 8.57. The Morgan fingerprint density at radius 3 is 2.57 bits per heavy atom. The Balaban J connectivity index is 1.33. The molecular formula is C34H33F3N6O4+2. The van der Waals surface area contributed by atoms with E-state index >= 15 is 0 Å². The molecule has 5 rings (SSSR count). The van der Waals surface area contributed by atoms with Crippen LogP contribution in [0.4, 0.5) is 29.6 Å². The summed E-state index contributed by atoms with van der Waals surface area (Å²) < 4.78 is 54.6. The topological polar surface area (TPSA) is 114 Å². The zero-order chi connectivity index (χ0) is 33.7. The summed E-state index contributed by atoms with van der Waals surface area (Å²) in [5.74, 6) is -0.0831. The van der Waals surface area contributed by atoms with Gasteiger partial charge in [0.1, 0.15) is 17.6 Å². The Kier molecular flexibility index (Phi) is 9.64. The van der Waals surface area contributed by atoms with E-state index in [9.17, 15) is 22.8 Å². The number of H-pyrrole nitrogens is 1. The molecule has 0 fully saturated rings. The lowest BCUT2D eigenvalue weighted by Crippen LogP contribution is -2.35. The van der Waals surface area contributed by atoms with Gasteiger partial charge >= 0.3 is 12.3 Å². The number of hydrogen-bond donors (Lipinski definition) is 2. The number of anilines is 2. The molecule has 5 aromatic rings. The van der Waals surface area contributed by atoms with E-state index in [1.165, 1.54) is 0 Å². The second-order valence-corrected chi connectivity index (χ2v) is 11.2. The van der Waals surface area contributed by atoms with E-state index < -0.39 is 17.9 Å². The molecule has 2 N–H and O–H groups in total. The first-order valence-corrected chi connectivity index (χ1v) is 14.7. The Morgan fingerprint density at radius 1 is 1.04 bits per heavy atom. The van der Waals surface area contributed by atoms with Crippen molar-refractivity contribution in [3.8, 4) is 16.9 Å². The number of ether oxygens (including phenoxy) is 2. The number of aromatic nitrogens is 5. The molecule has 10 nitrogen and oxygen atoms in total. The first-order valence-electron chi connectivity index (χ1n) is 14.7. The summed E-state index contributed by atoms with van der Waals surface area (Å²) in [4.78, 5) is 37.0. The van der Waals surface area contributed by atoms with Gasteiger partial charge in [-0.05, 0) is 68.3 Å². The number of hydrogen-bond acceptors (Lipinski definition) is 7. The Morgan fingerprint density at radius 2 is 1.85 bits per heavy atom. The van der Waals surface area contributed by atoms with Crippen LogP contribution in [0.3, 0.4) is 0 Å². The standard InChI is InChI=1S/C34H32F3N6O4/c1-21(2)47-33(45)46-20-42-11-5-6-26(18-42)29-9-10-38-32(40-29)41-30-15-25(8-7-22(30)3)31(44)14-24-12-27(34(35,36)37)16-28(13-24)43-17-23(4)39-19-43/h5-13,15-19,21H,14,20H2,1-4H3,(H,38,40,41)/q+1/p+1. The van der Waals surface area contributed by atoms with Gasteiger partial charge in [0.2, 0.25) is 12.3 Å². The molecule has 13 heteroatoms. The van der Waals surface area contributed by atoms with Gasteiger partial charge in [-0.25, -0.2) is 24.3 Å². The van der Waals surface area contributed by atoms with Crippen LogP contribution in [-0.2, 0) is 28.8 Å². The van der Waals surface area contributed by atoms with Crippen molar-refractivity contribution in [3.63, 3.8) is 0 Å². The lowest BCUT2D eigenvalue weighted by atomic mass is 9.99. The van der Waals surface area contributed by atoms with Crippen LogP contribution in [0, 0.1) is 13.8 Å². The summed E-state index contributed by atoms with van der Waals surface area (Å²) in [5, 5.41) is 3.15. The van der Waals surface area contributed by atoms with Crippen molar-refractivity contribution >= 4 is 23.6 Å². The Hall–Kier alpha value is -5.59. The number of aromatic amines is 1. The van der Waals surface area contributed by atoms with Crippen molar-refractivity contribution < 1.29 is 41.4 Å². The SMILES string of the molecule is Cc1c[n+](-c2cc(CC(=O)c3ccc(C)c(Nc4nccc(-c5ccc[n+](COC(=O)OC(C)C)c5)n4)c3)cc(C(F)(F)F)c2)c[nH]1. The molecule has 47 heavy (non-hydrogen) atoms. The van der Waals surface area contributed by atoms with Gasteiger partial charge in [0, 0.05) is 36.9 Å². The maximum atomic E-state index is 13.7. The van der Waals surface area contributed by atoms with Gasteiger partial charge in [-0.1, -0.05) is 12.1 Å². The first kappa shape index (κ1) is 32.8. The van der Waals surface area contributed by atoms with Crippen molar-refractivity contribution in [1.29, 1.82) is 0 Å². The van der Waals surface area contributed by atoms with Crippen molar-refractivity contribution in [2.75, 3.05) is 5.32 Å². The molecule has 0 bridgehead atoms. The molecule has 3 aromatic heterocycles. The van der Waals surface area contributed by atoms with Gasteiger partial charge in [0.25, 0.3) is 6.73 Å². The number of nitrogens with zero attached hydrogens (tertiary/aromatic N) is 4. The minimum Gasteiger partial charge on any atom is -0.431 e. The molecule has 0 aliphatic rings. The Bertz CT molecular complexity index is 1920. The first-order chi connectivity index (χ1) is 22.3. The van der Waals surface area contributed by atoms with E-state index in [2.05, 4.69) is 20.3 Å². The molecule has 3 heterocycles. The van der Waals surface area contributed by atoms with Crippen LogP contribution in [0.2, 0.25) is 0 Å². The van der Waals surface area contributed by atoms with Crippen molar-refractivity contribution in [2.24, 2.45) is 0 Å². The summed E-state index contributed by atoms with van der Waals surface area (Å²) in [7, 11) is 0. The fraction of sp³-hybridized carbons (Fsp3) is 0.235. The lowest BCUT2D eigenvalue weighted by Gasteiger charge is -2.12. The average molecular weight is 647 g/mol. The van der Waals surface area contributed by atoms with Gasteiger partial charge in [0.05, 0.1) is 22.9 Å². The number of rotatable bonds is 10. The fourth-order valence-electron chi connectivity index (χ4n) is 4.72. The molecule has 0 unspecified atom stereocenters. The highest BCUT2D eigenvalue weighted by atomic mass is 19.4. The highest BCUT2D eigenvalue weighted by Crippen LogP contribution is 2.31. The number of carbonyl (C=O) groups is 2. The number of benzene rings is 2. The smallest absolute Gasteiger partial charge is 0.431 e. The highest BCUT2D eigenvalue weighted by molar-refractivity contribution is 5.98. The van der Waals surface area contributed by atoms with Crippen molar-refractivity contribution in [1.82, 2.24) is 15.0 Å². The number of aryl methyl sites for hydroxylation is 2. The fourth-order valence-corrected chi connectivity index (χ4v) is 4.72. The molecular weight excluding hydrogens is 613 g/mol. The number of pyridine rings is 1. The minimum atomic E-state index is -4.58. The summed E-state index contributed by atoms with van der Waals surface area (Å²) >= 11 is 0. The largest absolute Gasteiger partial charge is 0.513 e. The van der Waals surface area contributed by atoms with Crippen LogP contribution in [0.25, 0.3) is 16.9 Å². The molecule has 2 aromatic carbocycles. The normalized spacial score (nSPS) is 11.4. The number of imidazole rings is 1. The molecule has 0 amide bonds. The zero-order valence-electron chi connectivity index (χ0n) is 26.1. The van der Waals surface area contributed by atoms with Gasteiger partial charge in [0.15, 0.2) is 18.2 Å². The summed E-state index contributed by atoms with van der Waals surface area (Å²) in [6.07, 6.45) is 2.43. The molecule has 0 aliphatic carbocycles. The summed E-state index contributed by atoms with van der Waals surface area (Å²) in [6.45, 7) is 7.04. The Labute approximate surface area is 268 Å². The average Bonchev–Trinajstić information content (AvgIpc) is 3.47. The molecule has 0 saturated heterocycles. The van der Waals surface area contributed by atoms with E-state index in [0.717, 1.165) is 29.0 Å². The van der Waals surface area contributed by atoms with E-state index in [4.69, 9.17) is 9.47 Å². The lowest BCUT2D eigenvalue weighted by molar-refractivity contribution is -0.727. The second-order valence-electron chi connectivity index (χ2n) is 11.2. The van der Waals surface area contributed by atoms with Crippen LogP contribution in [-0.4, -0.2) is 33.0 Å². The molecule has 0 radical (unpaired) electrons. The quantitative estimate of drug-likeness (QED) is 0.103. The third-order valence-electron chi connectivity index (χ3n) is 7.01. The van der Waals surface area contributed by atoms with Gasteiger partial charge in [-0.15, -0.1) is 0 Å². The van der Waals surface area contributed by atoms with E-state index in [-0.39, 0.29) is 36.6 Å². The van der Waals surface area contributed by atoms with E-state index in [1.807, 2.05) is 13.0 Å². The third-order valence-corrected chi connectivity index (χ3v) is 7.01. The number of carbonyl (C=O) groups excluding carboxylic acids is 2. The van der Waals surface area contributed by atoms with Gasteiger partial charge < -0.3 is 14.8 Å². The van der Waals surface area contributed by atoms with Crippen LogP contribution in [0.5, 0.6) is 0 Å². The maximum Gasteiger partial charge on any atom is 0.513 e. The maximum absolute atomic E-state index is 13.7. The summed E-state index contributed by atoms with van der Waals surface area (Å²) in [6, 6.07) is 14.0. The number of halogens is 3. The number of Topliss-reactive ketones (excluding diaryl/α,β-unsaturated/α-hetero) is 1. The zero-order valence-corrected chi connectivity index (χ0v) is 26.1. The van der Waals surface area contributed by atoms with E-state index in [0.29, 0.717) is 22.6 Å². The molecule has 0 aliphatic heterocycles. The molecule has 0 spiro atoms. The highest BCUT2D eigenvalue weighted by Gasteiger charge is 2.32. The van der Waals surface area contributed by atoms with Crippen LogP contribution in [0.15, 0.2) is 85.7 Å². The van der Waals surface area contributed by atoms with Crippen LogP contribution in [0.1, 0.15) is 46.6 Å².